The van der Waals surface area contributed by atoms with Crippen LogP contribution in [-0.2, 0) is 5.75 Å². The van der Waals surface area contributed by atoms with Gasteiger partial charge in [0.05, 0.1) is 5.75 Å². The molecule has 1 rings (SSSR count). The summed E-state index contributed by atoms with van der Waals surface area (Å²) in [6.45, 7) is 2.16. The summed E-state index contributed by atoms with van der Waals surface area (Å²) >= 11 is 1.78. The van der Waals surface area contributed by atoms with Crippen LogP contribution >= 0.6 is 11.8 Å². The summed E-state index contributed by atoms with van der Waals surface area (Å²) in [6, 6.07) is 1.65. The van der Waals surface area contributed by atoms with Gasteiger partial charge in [-0.2, -0.15) is 11.8 Å². The molecule has 0 N–H and O–H groups in total. The minimum absolute atomic E-state index is 0.217. The lowest BCUT2D eigenvalue weighted by Gasteiger charge is -2.07. The number of ether oxygens (including phenoxy) is 1. The first-order valence-electron chi connectivity index (χ1n) is 5.56. The average Bonchev–Trinajstić information content (AvgIpc) is 2.72. The molecule has 5 nitrogen and oxygen atoms in total. The first-order valence-corrected chi connectivity index (χ1v) is 6.71. The summed E-state index contributed by atoms with van der Waals surface area (Å²) in [7, 11) is 3.23. The molecule has 0 fully saturated rings. The molecule has 0 saturated carbocycles. The van der Waals surface area contributed by atoms with Crippen LogP contribution in [0.1, 0.15) is 25.5 Å². The summed E-state index contributed by atoms with van der Waals surface area (Å²) in [5, 5.41) is 3.68. The first kappa shape index (κ1) is 13.9. The molecule has 1 amide bonds. The Kier molecular flexibility index (Phi) is 5.90. The Hall–Kier alpha value is -1.17. The lowest BCUT2D eigenvalue weighted by Crippen LogP contribution is -2.25. The first-order chi connectivity index (χ1) is 8.13. The number of rotatable bonds is 6. The molecular weight excluding hydrogens is 240 g/mol. The van der Waals surface area contributed by atoms with Crippen molar-refractivity contribution >= 4 is 17.9 Å². The number of carbonyl (C=O) groups is 1. The maximum atomic E-state index is 11.2. The number of hydrogen-bond acceptors (Lipinski definition) is 5. The van der Waals surface area contributed by atoms with Crippen molar-refractivity contribution < 1.29 is 14.1 Å². The zero-order valence-corrected chi connectivity index (χ0v) is 11.2. The number of nitrogens with zero attached hydrogens (tertiary/aromatic N) is 2. The van der Waals surface area contributed by atoms with Crippen molar-refractivity contribution in [3.63, 3.8) is 0 Å². The van der Waals surface area contributed by atoms with Crippen molar-refractivity contribution in [1.82, 2.24) is 10.1 Å². The van der Waals surface area contributed by atoms with Crippen molar-refractivity contribution in [2.24, 2.45) is 0 Å². The third kappa shape index (κ3) is 5.12. The molecule has 1 aromatic rings. The van der Waals surface area contributed by atoms with E-state index in [1.54, 1.807) is 31.9 Å². The smallest absolute Gasteiger partial charge is 0.388 e. The van der Waals surface area contributed by atoms with E-state index in [-0.39, 0.29) is 5.88 Å². The Labute approximate surface area is 105 Å². The zero-order chi connectivity index (χ0) is 12.7. The molecule has 0 aliphatic heterocycles. The number of aromatic nitrogens is 1. The van der Waals surface area contributed by atoms with Crippen molar-refractivity contribution in [3.8, 4) is 5.88 Å². The third-order valence-corrected chi connectivity index (χ3v) is 3.05. The van der Waals surface area contributed by atoms with Crippen LogP contribution in [0.25, 0.3) is 0 Å². The van der Waals surface area contributed by atoms with Crippen molar-refractivity contribution in [2.75, 3.05) is 19.8 Å². The fraction of sp³-hybridized carbons (Fsp3) is 0.636. The van der Waals surface area contributed by atoms with Crippen molar-refractivity contribution in [2.45, 2.75) is 25.5 Å². The van der Waals surface area contributed by atoms with Crippen LogP contribution in [0.15, 0.2) is 10.6 Å². The van der Waals surface area contributed by atoms with Gasteiger partial charge in [-0.1, -0.05) is 13.3 Å². The third-order valence-electron chi connectivity index (χ3n) is 1.98. The van der Waals surface area contributed by atoms with E-state index in [2.05, 4.69) is 12.1 Å². The van der Waals surface area contributed by atoms with E-state index in [0.717, 1.165) is 17.3 Å². The summed E-state index contributed by atoms with van der Waals surface area (Å²) in [4.78, 5) is 12.6. The van der Waals surface area contributed by atoms with Gasteiger partial charge in [0.2, 0.25) is 0 Å². The van der Waals surface area contributed by atoms with Gasteiger partial charge in [-0.15, -0.1) is 0 Å². The van der Waals surface area contributed by atoms with Crippen molar-refractivity contribution in [3.05, 3.63) is 11.8 Å². The SMILES string of the molecule is CCCCSCc1cc(OC(=O)N(C)C)no1. The van der Waals surface area contributed by atoms with E-state index in [9.17, 15) is 4.79 Å². The molecule has 0 saturated heterocycles. The highest BCUT2D eigenvalue weighted by atomic mass is 32.2. The van der Waals surface area contributed by atoms with Gasteiger partial charge in [0.1, 0.15) is 0 Å². The highest BCUT2D eigenvalue weighted by Crippen LogP contribution is 2.18. The average molecular weight is 258 g/mol. The Morgan fingerprint density at radius 1 is 1.59 bits per heavy atom. The Balaban J connectivity index is 2.35. The normalized spacial score (nSPS) is 10.3. The van der Waals surface area contributed by atoms with Gasteiger partial charge in [0, 0.05) is 20.2 Å². The van der Waals surface area contributed by atoms with Crippen LogP contribution in [0.4, 0.5) is 4.79 Å². The molecule has 96 valence electrons. The quantitative estimate of drug-likeness (QED) is 0.734. The summed E-state index contributed by atoms with van der Waals surface area (Å²) < 4.78 is 10.0. The predicted molar refractivity (Wildman–Crippen MR) is 67.3 cm³/mol. The van der Waals surface area contributed by atoms with Crippen molar-refractivity contribution in [1.29, 1.82) is 0 Å². The van der Waals surface area contributed by atoms with Crippen LogP contribution in [0.3, 0.4) is 0 Å². The lowest BCUT2D eigenvalue weighted by molar-refractivity contribution is 0.167. The molecule has 0 spiro atoms. The maximum absolute atomic E-state index is 11.2. The number of amides is 1. The van der Waals surface area contributed by atoms with Crippen LogP contribution in [0.2, 0.25) is 0 Å². The second-order valence-electron chi connectivity index (χ2n) is 3.80. The van der Waals surface area contributed by atoms with Gasteiger partial charge in [-0.25, -0.2) is 4.79 Å². The van der Waals surface area contributed by atoms with Gasteiger partial charge in [-0.05, 0) is 17.3 Å². The standard InChI is InChI=1S/C11H18N2O3S/c1-4-5-6-17-8-9-7-10(12-16-9)15-11(14)13(2)3/h7H,4-6,8H2,1-3H3. The molecule has 6 heteroatoms. The molecule has 0 radical (unpaired) electrons. The second kappa shape index (κ2) is 7.21. The van der Waals surface area contributed by atoms with E-state index in [1.165, 1.54) is 17.7 Å². The Morgan fingerprint density at radius 3 is 3.00 bits per heavy atom. The number of thioether (sulfide) groups is 1. The molecular formula is C11H18N2O3S. The van der Waals surface area contributed by atoms with Crippen LogP contribution in [-0.4, -0.2) is 36.0 Å². The number of carbonyl (C=O) groups excluding carboxylic acids is 1. The molecule has 0 bridgehead atoms. The minimum atomic E-state index is -0.455. The van der Waals surface area contributed by atoms with Crippen LogP contribution < -0.4 is 4.74 Å². The van der Waals surface area contributed by atoms with E-state index in [1.807, 2.05) is 0 Å². The van der Waals surface area contributed by atoms with Crippen LogP contribution in [0, 0.1) is 0 Å². The molecule has 0 atom stereocenters. The van der Waals surface area contributed by atoms with Gasteiger partial charge in [-0.3, -0.25) is 0 Å². The van der Waals surface area contributed by atoms with Gasteiger partial charge in [0.15, 0.2) is 5.76 Å². The van der Waals surface area contributed by atoms with Gasteiger partial charge >= 0.3 is 6.09 Å². The summed E-state index contributed by atoms with van der Waals surface area (Å²) in [6.07, 6.45) is 1.93. The molecule has 1 heterocycles. The predicted octanol–water partition coefficient (Wildman–Crippen LogP) is 2.77. The minimum Gasteiger partial charge on any atom is -0.388 e. The molecule has 0 unspecified atom stereocenters. The number of unbranched alkanes of at least 4 members (excludes halogenated alkanes) is 1. The highest BCUT2D eigenvalue weighted by Gasteiger charge is 2.11. The lowest BCUT2D eigenvalue weighted by atomic mass is 10.4. The Morgan fingerprint density at radius 2 is 2.35 bits per heavy atom. The summed E-state index contributed by atoms with van der Waals surface area (Å²) in [5.74, 6) is 2.80. The molecule has 1 aromatic heterocycles. The fourth-order valence-corrected chi connectivity index (χ4v) is 1.98. The van der Waals surface area contributed by atoms with E-state index in [4.69, 9.17) is 9.26 Å². The zero-order valence-electron chi connectivity index (χ0n) is 10.4. The second-order valence-corrected chi connectivity index (χ2v) is 4.91. The monoisotopic (exact) mass is 258 g/mol. The topological polar surface area (TPSA) is 55.6 Å². The highest BCUT2D eigenvalue weighted by molar-refractivity contribution is 7.98. The van der Waals surface area contributed by atoms with E-state index < -0.39 is 6.09 Å². The van der Waals surface area contributed by atoms with Crippen LogP contribution in [0.5, 0.6) is 5.88 Å². The number of hydrogen-bond donors (Lipinski definition) is 0. The summed E-state index contributed by atoms with van der Waals surface area (Å²) in [5.41, 5.74) is 0. The molecule has 0 aliphatic carbocycles. The van der Waals surface area contributed by atoms with Gasteiger partial charge in [0.25, 0.3) is 5.88 Å². The largest absolute Gasteiger partial charge is 0.416 e. The Bertz CT molecular complexity index is 352. The molecule has 0 aromatic carbocycles. The van der Waals surface area contributed by atoms with E-state index in [0.29, 0.717) is 0 Å². The molecule has 17 heavy (non-hydrogen) atoms. The van der Waals surface area contributed by atoms with Gasteiger partial charge < -0.3 is 14.2 Å². The molecule has 0 aliphatic rings. The fourth-order valence-electron chi connectivity index (χ4n) is 1.01. The maximum Gasteiger partial charge on any atom is 0.416 e. The van der Waals surface area contributed by atoms with E-state index >= 15 is 0 Å².